The summed E-state index contributed by atoms with van der Waals surface area (Å²) >= 11 is 0. The highest BCUT2D eigenvalue weighted by Gasteiger charge is 2.21. The first-order valence-electron chi connectivity index (χ1n) is 7.82. The molecular weight excluding hydrogens is 347 g/mol. The second kappa shape index (κ2) is 6.67. The van der Waals surface area contributed by atoms with Gasteiger partial charge in [0.15, 0.2) is 11.6 Å². The molecule has 0 fully saturated rings. The van der Waals surface area contributed by atoms with Crippen molar-refractivity contribution in [2.45, 2.75) is 13.8 Å². The molecule has 0 spiro atoms. The Morgan fingerprint density at radius 1 is 1.15 bits per heavy atom. The van der Waals surface area contributed by atoms with Crippen molar-refractivity contribution in [2.75, 3.05) is 6.61 Å². The van der Waals surface area contributed by atoms with Crippen LogP contribution in [0.25, 0.3) is 16.6 Å². The maximum atomic E-state index is 14.0. The summed E-state index contributed by atoms with van der Waals surface area (Å²) in [6.45, 7) is 2.88. The summed E-state index contributed by atoms with van der Waals surface area (Å²) in [6.07, 6.45) is 1.19. The summed E-state index contributed by atoms with van der Waals surface area (Å²) in [6, 6.07) is 6.01. The fraction of sp³-hybridized carbons (Fsp3) is 0.158. The second-order valence-electron chi connectivity index (χ2n) is 5.63. The Bertz CT molecular complexity index is 1070. The zero-order valence-corrected chi connectivity index (χ0v) is 14.0. The third-order valence-corrected chi connectivity index (χ3v) is 4.02. The number of carbonyl (C=O) groups is 1. The summed E-state index contributed by atoms with van der Waals surface area (Å²) in [5.74, 6) is -3.66. The Morgan fingerprint density at radius 2 is 1.81 bits per heavy atom. The van der Waals surface area contributed by atoms with Gasteiger partial charge in [-0.2, -0.15) is 0 Å². The summed E-state index contributed by atoms with van der Waals surface area (Å²) in [5.41, 5.74) is -0.864. The van der Waals surface area contributed by atoms with E-state index < -0.39 is 28.8 Å². The molecule has 0 atom stereocenters. The molecule has 134 valence electrons. The molecule has 4 nitrogen and oxygen atoms in total. The van der Waals surface area contributed by atoms with Crippen molar-refractivity contribution < 1.29 is 22.7 Å². The molecule has 26 heavy (non-hydrogen) atoms. The molecule has 0 saturated heterocycles. The molecule has 0 aliphatic rings. The topological polar surface area (TPSA) is 48.3 Å². The minimum absolute atomic E-state index is 0.0453. The van der Waals surface area contributed by atoms with E-state index in [0.29, 0.717) is 5.69 Å². The Hall–Kier alpha value is -3.09. The monoisotopic (exact) mass is 361 g/mol. The number of ether oxygens (including phenoxy) is 1. The zero-order chi connectivity index (χ0) is 19.0. The number of nitrogens with zero attached hydrogens (tertiary/aromatic N) is 1. The van der Waals surface area contributed by atoms with Crippen molar-refractivity contribution in [3.05, 3.63) is 75.3 Å². The average Bonchev–Trinajstić information content (AvgIpc) is 2.61. The van der Waals surface area contributed by atoms with Crippen molar-refractivity contribution in [3.8, 4) is 5.69 Å². The number of esters is 1. The SMILES string of the molecule is CCOC(=O)c1cn(-c2ccc(F)cc2)c2cc(F)c(F)c(C)c2c1=O. The fourth-order valence-corrected chi connectivity index (χ4v) is 2.77. The van der Waals surface area contributed by atoms with Crippen molar-refractivity contribution >= 4 is 16.9 Å². The number of hydrogen-bond donors (Lipinski definition) is 0. The third-order valence-electron chi connectivity index (χ3n) is 4.02. The van der Waals surface area contributed by atoms with Gasteiger partial charge in [0, 0.05) is 23.5 Å². The van der Waals surface area contributed by atoms with Gasteiger partial charge in [0.25, 0.3) is 0 Å². The molecule has 3 rings (SSSR count). The standard InChI is InChI=1S/C19H14F3NO3/c1-3-26-19(25)13-9-23(12-6-4-11(20)5-7-12)15-8-14(21)17(22)10(2)16(15)18(13)24/h4-9H,3H2,1-2H3. The van der Waals surface area contributed by atoms with Crippen LogP contribution in [0.1, 0.15) is 22.8 Å². The Balaban J connectivity index is 2.45. The molecule has 0 saturated carbocycles. The Labute approximate surface area is 146 Å². The van der Waals surface area contributed by atoms with Crippen molar-refractivity contribution in [2.24, 2.45) is 0 Å². The van der Waals surface area contributed by atoms with E-state index in [1.54, 1.807) is 6.92 Å². The van der Waals surface area contributed by atoms with E-state index in [-0.39, 0.29) is 28.6 Å². The predicted octanol–water partition coefficient (Wildman–Crippen LogP) is 3.89. The number of pyridine rings is 1. The molecule has 1 heterocycles. The maximum absolute atomic E-state index is 14.0. The summed E-state index contributed by atoms with van der Waals surface area (Å²) in [7, 11) is 0. The lowest BCUT2D eigenvalue weighted by Gasteiger charge is -2.15. The molecule has 7 heteroatoms. The van der Waals surface area contributed by atoms with E-state index >= 15 is 0 Å². The van der Waals surface area contributed by atoms with Gasteiger partial charge >= 0.3 is 5.97 Å². The van der Waals surface area contributed by atoms with E-state index in [1.807, 2.05) is 0 Å². The van der Waals surface area contributed by atoms with Crippen LogP contribution in [0.3, 0.4) is 0 Å². The molecule has 0 amide bonds. The third kappa shape index (κ3) is 2.85. The first-order chi connectivity index (χ1) is 12.3. The minimum Gasteiger partial charge on any atom is -0.462 e. The molecule has 3 aromatic rings. The number of fused-ring (bicyclic) bond motifs is 1. The van der Waals surface area contributed by atoms with Gasteiger partial charge in [0.2, 0.25) is 5.43 Å². The van der Waals surface area contributed by atoms with Crippen LogP contribution in [-0.4, -0.2) is 17.1 Å². The lowest BCUT2D eigenvalue weighted by Crippen LogP contribution is -2.21. The van der Waals surface area contributed by atoms with Gasteiger partial charge in [-0.25, -0.2) is 18.0 Å². The zero-order valence-electron chi connectivity index (χ0n) is 14.0. The summed E-state index contributed by atoms with van der Waals surface area (Å²) < 4.78 is 47.4. The van der Waals surface area contributed by atoms with Gasteiger partial charge < -0.3 is 9.30 Å². The molecule has 0 aliphatic heterocycles. The van der Waals surface area contributed by atoms with Crippen LogP contribution in [0.15, 0.2) is 41.3 Å². The number of halogens is 3. The Morgan fingerprint density at radius 3 is 2.42 bits per heavy atom. The van der Waals surface area contributed by atoms with Crippen LogP contribution in [0.4, 0.5) is 13.2 Å². The van der Waals surface area contributed by atoms with Crippen LogP contribution in [-0.2, 0) is 4.74 Å². The van der Waals surface area contributed by atoms with Gasteiger partial charge in [-0.15, -0.1) is 0 Å². The number of benzene rings is 2. The van der Waals surface area contributed by atoms with E-state index in [9.17, 15) is 22.8 Å². The van der Waals surface area contributed by atoms with Crippen molar-refractivity contribution in [1.82, 2.24) is 4.57 Å². The minimum atomic E-state index is -1.17. The van der Waals surface area contributed by atoms with Crippen molar-refractivity contribution in [3.63, 3.8) is 0 Å². The van der Waals surface area contributed by atoms with E-state index in [1.165, 1.54) is 42.0 Å². The highest BCUT2D eigenvalue weighted by atomic mass is 19.2. The second-order valence-corrected chi connectivity index (χ2v) is 5.63. The average molecular weight is 361 g/mol. The molecule has 0 N–H and O–H groups in total. The van der Waals surface area contributed by atoms with Crippen LogP contribution in [0.2, 0.25) is 0 Å². The fourth-order valence-electron chi connectivity index (χ4n) is 2.77. The summed E-state index contributed by atoms with van der Waals surface area (Å²) in [4.78, 5) is 24.9. The van der Waals surface area contributed by atoms with Gasteiger partial charge in [-0.3, -0.25) is 4.79 Å². The highest BCUT2D eigenvalue weighted by Crippen LogP contribution is 2.25. The van der Waals surface area contributed by atoms with Gasteiger partial charge in [0.1, 0.15) is 11.4 Å². The number of carbonyl (C=O) groups excluding carboxylic acids is 1. The normalized spacial score (nSPS) is 11.0. The maximum Gasteiger partial charge on any atom is 0.343 e. The van der Waals surface area contributed by atoms with Crippen LogP contribution < -0.4 is 5.43 Å². The van der Waals surface area contributed by atoms with E-state index in [4.69, 9.17) is 4.74 Å². The molecule has 0 unspecified atom stereocenters. The molecule has 0 radical (unpaired) electrons. The number of aromatic nitrogens is 1. The molecular formula is C19H14F3NO3. The Kier molecular flexibility index (Phi) is 4.54. The summed E-state index contributed by atoms with van der Waals surface area (Å²) in [5, 5.41) is -0.140. The molecule has 0 bridgehead atoms. The molecule has 1 aromatic heterocycles. The lowest BCUT2D eigenvalue weighted by molar-refractivity contribution is 0.0524. The van der Waals surface area contributed by atoms with Gasteiger partial charge in [-0.1, -0.05) is 0 Å². The number of aryl methyl sites for hydroxylation is 1. The highest BCUT2D eigenvalue weighted by molar-refractivity contribution is 5.95. The van der Waals surface area contributed by atoms with E-state index in [0.717, 1.165) is 6.07 Å². The largest absolute Gasteiger partial charge is 0.462 e. The van der Waals surface area contributed by atoms with Crippen LogP contribution in [0.5, 0.6) is 0 Å². The predicted molar refractivity (Wildman–Crippen MR) is 90.1 cm³/mol. The van der Waals surface area contributed by atoms with Crippen LogP contribution >= 0.6 is 0 Å². The van der Waals surface area contributed by atoms with Crippen molar-refractivity contribution in [1.29, 1.82) is 0 Å². The first kappa shape index (κ1) is 17.7. The van der Waals surface area contributed by atoms with E-state index in [2.05, 4.69) is 0 Å². The van der Waals surface area contributed by atoms with Gasteiger partial charge in [-0.05, 0) is 38.1 Å². The smallest absolute Gasteiger partial charge is 0.343 e. The van der Waals surface area contributed by atoms with Gasteiger partial charge in [0.05, 0.1) is 17.5 Å². The lowest BCUT2D eigenvalue weighted by atomic mass is 10.0. The molecule has 2 aromatic carbocycles. The first-order valence-corrected chi connectivity index (χ1v) is 7.82. The number of rotatable bonds is 3. The number of hydrogen-bond acceptors (Lipinski definition) is 3. The molecule has 0 aliphatic carbocycles. The quantitative estimate of drug-likeness (QED) is 0.665. The van der Waals surface area contributed by atoms with Crippen LogP contribution in [0, 0.1) is 24.4 Å².